The highest BCUT2D eigenvalue weighted by molar-refractivity contribution is 7.99. The van der Waals surface area contributed by atoms with E-state index in [0.29, 0.717) is 28.7 Å². The lowest BCUT2D eigenvalue weighted by molar-refractivity contribution is -0.113. The summed E-state index contributed by atoms with van der Waals surface area (Å²) in [6, 6.07) is 10.2. The van der Waals surface area contributed by atoms with Crippen molar-refractivity contribution < 1.29 is 17.9 Å². The summed E-state index contributed by atoms with van der Waals surface area (Å²) in [5, 5.41) is 8.74. The third kappa shape index (κ3) is 4.94. The molecule has 2 aromatic carbocycles. The number of amides is 1. The maximum atomic E-state index is 12.5. The van der Waals surface area contributed by atoms with Gasteiger partial charge in [0.05, 0.1) is 34.5 Å². The first kappa shape index (κ1) is 22.1. The topological polar surface area (TPSA) is 116 Å². The van der Waals surface area contributed by atoms with Gasteiger partial charge in [0.25, 0.3) is 0 Å². The second-order valence-corrected chi connectivity index (χ2v) is 9.29. The summed E-state index contributed by atoms with van der Waals surface area (Å²) < 4.78 is 30.5. The Morgan fingerprint density at radius 3 is 2.70 bits per heavy atom. The molecule has 0 radical (unpaired) electrons. The van der Waals surface area contributed by atoms with Crippen molar-refractivity contribution >= 4 is 44.4 Å². The number of imidazole rings is 1. The van der Waals surface area contributed by atoms with E-state index in [0.717, 1.165) is 17.5 Å². The third-order valence-electron chi connectivity index (χ3n) is 4.42. The number of primary sulfonamides is 1. The monoisotopic (exact) mass is 448 g/mol. The molecule has 0 fully saturated rings. The number of hydrogen-bond acceptors (Lipinski definition) is 6. The Labute approximate surface area is 179 Å². The van der Waals surface area contributed by atoms with Crippen LogP contribution in [0.25, 0.3) is 11.0 Å². The van der Waals surface area contributed by atoms with Crippen molar-refractivity contribution in [3.8, 4) is 5.75 Å². The molecule has 8 nitrogen and oxygen atoms in total. The number of fused-ring (bicyclic) bond motifs is 1. The largest absolute Gasteiger partial charge is 0.495 e. The lowest BCUT2D eigenvalue weighted by Crippen LogP contribution is -2.15. The Morgan fingerprint density at radius 1 is 1.27 bits per heavy atom. The van der Waals surface area contributed by atoms with Crippen molar-refractivity contribution in [1.82, 2.24) is 9.55 Å². The molecule has 1 heterocycles. The first-order valence-electron chi connectivity index (χ1n) is 9.33. The molecule has 0 atom stereocenters. The van der Waals surface area contributed by atoms with Crippen LogP contribution >= 0.6 is 11.8 Å². The van der Waals surface area contributed by atoms with Crippen LogP contribution < -0.4 is 15.2 Å². The van der Waals surface area contributed by atoms with Gasteiger partial charge in [-0.3, -0.25) is 4.79 Å². The maximum Gasteiger partial charge on any atom is 0.238 e. The lowest BCUT2D eigenvalue weighted by atomic mass is 10.2. The average molecular weight is 449 g/mol. The molecule has 30 heavy (non-hydrogen) atoms. The number of carbonyl (C=O) groups is 1. The van der Waals surface area contributed by atoms with Gasteiger partial charge in [-0.1, -0.05) is 24.8 Å². The van der Waals surface area contributed by atoms with E-state index in [1.54, 1.807) is 13.2 Å². The normalized spacial score (nSPS) is 11.6. The van der Waals surface area contributed by atoms with Gasteiger partial charge in [-0.25, -0.2) is 18.5 Å². The van der Waals surface area contributed by atoms with E-state index < -0.39 is 10.0 Å². The summed E-state index contributed by atoms with van der Waals surface area (Å²) in [6.07, 6.45) is 0.864. The first-order valence-corrected chi connectivity index (χ1v) is 11.9. The SMILES string of the molecule is CCCn1c(SCC(=O)Nc2cc(C)ccc2OC)nc2cc(S(N)(=O)=O)ccc21. The summed E-state index contributed by atoms with van der Waals surface area (Å²) in [5.74, 6) is 0.545. The van der Waals surface area contributed by atoms with Crippen molar-refractivity contribution in [3.05, 3.63) is 42.0 Å². The first-order chi connectivity index (χ1) is 14.2. The van der Waals surface area contributed by atoms with E-state index in [1.807, 2.05) is 36.6 Å². The highest BCUT2D eigenvalue weighted by atomic mass is 32.2. The second kappa shape index (κ2) is 9.07. The van der Waals surface area contributed by atoms with Crippen LogP contribution in [0.1, 0.15) is 18.9 Å². The van der Waals surface area contributed by atoms with Gasteiger partial charge in [0.1, 0.15) is 5.75 Å². The average Bonchev–Trinajstić information content (AvgIpc) is 3.03. The zero-order valence-electron chi connectivity index (χ0n) is 17.0. The van der Waals surface area contributed by atoms with Gasteiger partial charge in [-0.05, 0) is 49.2 Å². The minimum Gasteiger partial charge on any atom is -0.495 e. The summed E-state index contributed by atoms with van der Waals surface area (Å²) in [6.45, 7) is 4.67. The predicted octanol–water partition coefficient (Wildman–Crippen LogP) is 3.14. The third-order valence-corrected chi connectivity index (χ3v) is 6.31. The maximum absolute atomic E-state index is 12.5. The van der Waals surface area contributed by atoms with Crippen molar-refractivity contribution in [1.29, 1.82) is 0 Å². The van der Waals surface area contributed by atoms with E-state index in [9.17, 15) is 13.2 Å². The zero-order valence-corrected chi connectivity index (χ0v) is 18.6. The van der Waals surface area contributed by atoms with Crippen LogP contribution in [0.2, 0.25) is 0 Å². The number of carbonyl (C=O) groups excluding carboxylic acids is 1. The number of sulfonamides is 1. The van der Waals surface area contributed by atoms with Gasteiger partial charge in [0.15, 0.2) is 5.16 Å². The molecule has 1 amide bonds. The Morgan fingerprint density at radius 2 is 2.03 bits per heavy atom. The molecule has 3 rings (SSSR count). The van der Waals surface area contributed by atoms with Gasteiger partial charge in [-0.2, -0.15) is 0 Å². The second-order valence-electron chi connectivity index (χ2n) is 6.78. The van der Waals surface area contributed by atoms with Gasteiger partial charge in [0.2, 0.25) is 15.9 Å². The summed E-state index contributed by atoms with van der Waals surface area (Å²) in [7, 11) is -2.26. The zero-order chi connectivity index (χ0) is 21.9. The molecule has 0 saturated carbocycles. The van der Waals surface area contributed by atoms with Crippen LogP contribution in [0.4, 0.5) is 5.69 Å². The molecule has 0 saturated heterocycles. The number of nitrogens with zero attached hydrogens (tertiary/aromatic N) is 2. The Hall–Kier alpha value is -2.56. The minimum atomic E-state index is -3.81. The summed E-state index contributed by atoms with van der Waals surface area (Å²) in [5.41, 5.74) is 2.95. The Bertz CT molecular complexity index is 1190. The number of thioether (sulfide) groups is 1. The number of anilines is 1. The molecular weight excluding hydrogens is 424 g/mol. The van der Waals surface area contributed by atoms with Crippen LogP contribution in [0.5, 0.6) is 5.75 Å². The van der Waals surface area contributed by atoms with E-state index in [2.05, 4.69) is 10.3 Å². The lowest BCUT2D eigenvalue weighted by Gasteiger charge is -2.11. The van der Waals surface area contributed by atoms with Crippen LogP contribution in [0, 0.1) is 6.92 Å². The Balaban J connectivity index is 1.82. The molecule has 160 valence electrons. The fraction of sp³-hybridized carbons (Fsp3) is 0.300. The number of aromatic nitrogens is 2. The summed E-state index contributed by atoms with van der Waals surface area (Å²) in [4.78, 5) is 17.1. The number of nitrogens with two attached hydrogens (primary N) is 1. The molecule has 0 unspecified atom stereocenters. The van der Waals surface area contributed by atoms with Crippen molar-refractivity contribution in [2.24, 2.45) is 5.14 Å². The number of rotatable bonds is 8. The fourth-order valence-electron chi connectivity index (χ4n) is 3.05. The summed E-state index contributed by atoms with van der Waals surface area (Å²) >= 11 is 1.29. The number of nitrogens with one attached hydrogen (secondary N) is 1. The number of ether oxygens (including phenoxy) is 1. The molecule has 0 spiro atoms. The fourth-order valence-corrected chi connectivity index (χ4v) is 4.42. The van der Waals surface area contributed by atoms with Gasteiger partial charge >= 0.3 is 0 Å². The smallest absolute Gasteiger partial charge is 0.238 e. The van der Waals surface area contributed by atoms with Gasteiger partial charge < -0.3 is 14.6 Å². The van der Waals surface area contributed by atoms with Crippen molar-refractivity contribution in [3.63, 3.8) is 0 Å². The highest BCUT2D eigenvalue weighted by Gasteiger charge is 2.16. The predicted molar refractivity (Wildman–Crippen MR) is 118 cm³/mol. The van der Waals surface area contributed by atoms with Gasteiger partial charge in [0, 0.05) is 6.54 Å². The Kier molecular flexibility index (Phi) is 6.69. The van der Waals surface area contributed by atoms with E-state index in [1.165, 1.54) is 23.9 Å². The molecule has 0 bridgehead atoms. The molecule has 0 aliphatic carbocycles. The van der Waals surface area contributed by atoms with Crippen molar-refractivity contribution in [2.45, 2.75) is 36.9 Å². The van der Waals surface area contributed by atoms with Gasteiger partial charge in [-0.15, -0.1) is 0 Å². The van der Waals surface area contributed by atoms with Crippen LogP contribution in [-0.4, -0.2) is 36.7 Å². The molecule has 0 aliphatic rings. The van der Waals surface area contributed by atoms with Crippen LogP contribution in [-0.2, 0) is 21.4 Å². The quantitative estimate of drug-likeness (QED) is 0.512. The minimum absolute atomic E-state index is 0.0111. The van der Waals surface area contributed by atoms with Crippen LogP contribution in [0.3, 0.4) is 0 Å². The van der Waals surface area contributed by atoms with Crippen LogP contribution in [0.15, 0.2) is 46.5 Å². The van der Waals surface area contributed by atoms with E-state index in [4.69, 9.17) is 9.88 Å². The molecule has 3 N–H and O–H groups in total. The number of benzene rings is 2. The standard InChI is InChI=1S/C20H24N4O4S2/c1-4-9-24-17-7-6-14(30(21,26)27)11-15(17)23-20(24)29-12-19(25)22-16-10-13(2)5-8-18(16)28-3/h5-8,10-11H,4,9,12H2,1-3H3,(H,22,25)(H2,21,26,27). The van der Waals surface area contributed by atoms with Crippen molar-refractivity contribution in [2.75, 3.05) is 18.2 Å². The molecule has 3 aromatic rings. The number of methoxy groups -OCH3 is 1. The van der Waals surface area contributed by atoms with E-state index in [-0.39, 0.29) is 16.6 Å². The van der Waals surface area contributed by atoms with E-state index >= 15 is 0 Å². The molecule has 1 aromatic heterocycles. The molecule has 0 aliphatic heterocycles. The molecule has 10 heteroatoms. The highest BCUT2D eigenvalue weighted by Crippen LogP contribution is 2.28. The number of aryl methyl sites for hydroxylation is 2. The molecular formula is C20H24N4O4S2. The number of hydrogen-bond donors (Lipinski definition) is 2.